The van der Waals surface area contributed by atoms with Gasteiger partial charge < -0.3 is 4.90 Å². The molecule has 0 aliphatic carbocycles. The van der Waals surface area contributed by atoms with Crippen LogP contribution in [0.5, 0.6) is 0 Å². The predicted molar refractivity (Wildman–Crippen MR) is 64.7 cm³/mol. The molecule has 0 radical (unpaired) electrons. The van der Waals surface area contributed by atoms with Crippen LogP contribution < -0.4 is 0 Å². The first-order valence-electron chi connectivity index (χ1n) is 5.31. The van der Waals surface area contributed by atoms with Crippen molar-refractivity contribution < 1.29 is 0 Å². The molecule has 2 heteroatoms. The van der Waals surface area contributed by atoms with Gasteiger partial charge in [0.15, 0.2) is 0 Å². The fraction of sp³-hybridized carbons (Fsp3) is 0.833. The van der Waals surface area contributed by atoms with E-state index in [2.05, 4.69) is 42.8 Å². The summed E-state index contributed by atoms with van der Waals surface area (Å²) in [5, 5.41) is 0. The third kappa shape index (κ3) is 4.25. The summed E-state index contributed by atoms with van der Waals surface area (Å²) < 4.78 is 0. The highest BCUT2D eigenvalue weighted by Gasteiger charge is 2.18. The lowest BCUT2D eigenvalue weighted by atomic mass is 10.2. The Bertz CT molecular complexity index is 166. The van der Waals surface area contributed by atoms with Gasteiger partial charge in [0.2, 0.25) is 0 Å². The van der Waals surface area contributed by atoms with Gasteiger partial charge in [0, 0.05) is 32.2 Å². The minimum Gasteiger partial charge on any atom is -0.301 e. The smallest absolute Gasteiger partial charge is 0.0192 e. The van der Waals surface area contributed by atoms with Crippen LogP contribution in [-0.4, -0.2) is 49.1 Å². The Labute approximate surface area is 89.6 Å². The first kappa shape index (κ1) is 13.7. The van der Waals surface area contributed by atoms with Crippen molar-refractivity contribution in [2.24, 2.45) is 0 Å². The molecule has 1 aliphatic heterocycles. The zero-order valence-corrected chi connectivity index (χ0v) is 9.16. The molecule has 1 aliphatic rings. The molecular formula is C12H26N2. The van der Waals surface area contributed by atoms with Gasteiger partial charge >= 0.3 is 0 Å². The van der Waals surface area contributed by atoms with Gasteiger partial charge in [-0.3, -0.25) is 4.90 Å². The van der Waals surface area contributed by atoms with Crippen LogP contribution in [0.15, 0.2) is 12.2 Å². The Morgan fingerprint density at radius 1 is 1.29 bits per heavy atom. The SMILES string of the molecule is C.CC/C=C/CN1CCN(C)[C@@H](C)C1. The second kappa shape index (κ2) is 7.02. The lowest BCUT2D eigenvalue weighted by Gasteiger charge is -2.37. The van der Waals surface area contributed by atoms with E-state index in [1.165, 1.54) is 19.6 Å². The number of nitrogens with zero attached hydrogens (tertiary/aromatic N) is 2. The van der Waals surface area contributed by atoms with E-state index in [1.54, 1.807) is 0 Å². The van der Waals surface area contributed by atoms with Crippen molar-refractivity contribution in [3.63, 3.8) is 0 Å². The van der Waals surface area contributed by atoms with Gasteiger partial charge in [-0.15, -0.1) is 0 Å². The Morgan fingerprint density at radius 3 is 2.57 bits per heavy atom. The molecule has 0 bridgehead atoms. The third-order valence-electron chi connectivity index (χ3n) is 2.81. The monoisotopic (exact) mass is 198 g/mol. The van der Waals surface area contributed by atoms with Crippen LogP contribution in [0.4, 0.5) is 0 Å². The second-order valence-corrected chi connectivity index (χ2v) is 3.97. The van der Waals surface area contributed by atoms with Gasteiger partial charge in [-0.25, -0.2) is 0 Å². The molecule has 0 unspecified atom stereocenters. The molecule has 1 heterocycles. The molecule has 1 fully saturated rings. The molecule has 0 N–H and O–H groups in total. The number of piperazine rings is 1. The maximum absolute atomic E-state index is 2.52. The summed E-state index contributed by atoms with van der Waals surface area (Å²) >= 11 is 0. The first-order valence-corrected chi connectivity index (χ1v) is 5.31. The molecule has 0 aromatic rings. The highest BCUT2D eigenvalue weighted by atomic mass is 15.3. The molecule has 1 saturated heterocycles. The van der Waals surface area contributed by atoms with Crippen LogP contribution in [0.1, 0.15) is 27.7 Å². The molecular weight excluding hydrogens is 172 g/mol. The Hall–Kier alpha value is -0.340. The minimum absolute atomic E-state index is 0. The summed E-state index contributed by atoms with van der Waals surface area (Å²) in [5.41, 5.74) is 0. The highest BCUT2D eigenvalue weighted by molar-refractivity contribution is 4.86. The number of allylic oxidation sites excluding steroid dienone is 1. The second-order valence-electron chi connectivity index (χ2n) is 3.97. The van der Waals surface area contributed by atoms with Crippen LogP contribution >= 0.6 is 0 Å². The van der Waals surface area contributed by atoms with Crippen molar-refractivity contribution in [2.45, 2.75) is 33.7 Å². The fourth-order valence-corrected chi connectivity index (χ4v) is 1.68. The van der Waals surface area contributed by atoms with Crippen molar-refractivity contribution in [2.75, 3.05) is 33.2 Å². The fourth-order valence-electron chi connectivity index (χ4n) is 1.68. The van der Waals surface area contributed by atoms with Crippen LogP contribution in [-0.2, 0) is 0 Å². The molecule has 1 rings (SSSR count). The minimum atomic E-state index is 0. The maximum atomic E-state index is 2.52. The number of hydrogen-bond acceptors (Lipinski definition) is 2. The average Bonchev–Trinajstić information content (AvgIpc) is 2.12. The molecule has 0 aromatic heterocycles. The summed E-state index contributed by atoms with van der Waals surface area (Å²) in [5.74, 6) is 0. The normalized spacial score (nSPS) is 25.2. The highest BCUT2D eigenvalue weighted by Crippen LogP contribution is 2.06. The van der Waals surface area contributed by atoms with Crippen LogP contribution in [0.3, 0.4) is 0 Å². The Morgan fingerprint density at radius 2 is 2.00 bits per heavy atom. The van der Waals surface area contributed by atoms with Crippen molar-refractivity contribution in [1.82, 2.24) is 9.80 Å². The average molecular weight is 198 g/mol. The van der Waals surface area contributed by atoms with Gasteiger partial charge in [-0.1, -0.05) is 26.5 Å². The summed E-state index contributed by atoms with van der Waals surface area (Å²) in [7, 11) is 2.21. The molecule has 2 nitrogen and oxygen atoms in total. The van der Waals surface area contributed by atoms with Gasteiger partial charge in [-0.05, 0) is 20.4 Å². The van der Waals surface area contributed by atoms with Crippen molar-refractivity contribution in [1.29, 1.82) is 0 Å². The van der Waals surface area contributed by atoms with E-state index in [0.29, 0.717) is 6.04 Å². The van der Waals surface area contributed by atoms with Crippen molar-refractivity contribution in [3.8, 4) is 0 Å². The van der Waals surface area contributed by atoms with E-state index in [1.807, 2.05) is 0 Å². The van der Waals surface area contributed by atoms with E-state index in [4.69, 9.17) is 0 Å². The third-order valence-corrected chi connectivity index (χ3v) is 2.81. The lowest BCUT2D eigenvalue weighted by Crippen LogP contribution is -2.49. The van der Waals surface area contributed by atoms with Gasteiger partial charge in [0.1, 0.15) is 0 Å². The van der Waals surface area contributed by atoms with Gasteiger partial charge in [-0.2, -0.15) is 0 Å². The van der Waals surface area contributed by atoms with E-state index in [0.717, 1.165) is 13.0 Å². The van der Waals surface area contributed by atoms with E-state index < -0.39 is 0 Å². The Kier molecular flexibility index (Phi) is 6.85. The largest absolute Gasteiger partial charge is 0.301 e. The molecule has 0 saturated carbocycles. The van der Waals surface area contributed by atoms with Gasteiger partial charge in [0.05, 0.1) is 0 Å². The summed E-state index contributed by atoms with van der Waals surface area (Å²) in [6.45, 7) is 9.26. The number of rotatable bonds is 3. The predicted octanol–water partition coefficient (Wildman–Crippen LogP) is 2.22. The molecule has 0 spiro atoms. The summed E-state index contributed by atoms with van der Waals surface area (Å²) in [6, 6.07) is 0.712. The van der Waals surface area contributed by atoms with Crippen LogP contribution in [0.25, 0.3) is 0 Å². The quantitative estimate of drug-likeness (QED) is 0.642. The molecule has 84 valence electrons. The summed E-state index contributed by atoms with van der Waals surface area (Å²) in [6.07, 6.45) is 5.70. The van der Waals surface area contributed by atoms with E-state index in [-0.39, 0.29) is 7.43 Å². The summed E-state index contributed by atoms with van der Waals surface area (Å²) in [4.78, 5) is 4.96. The number of likely N-dealkylation sites (N-methyl/N-ethyl adjacent to an activating group) is 1. The van der Waals surface area contributed by atoms with E-state index in [9.17, 15) is 0 Å². The topological polar surface area (TPSA) is 6.48 Å². The Balaban J connectivity index is 0.00000169. The molecule has 0 aromatic carbocycles. The molecule has 0 amide bonds. The van der Waals surface area contributed by atoms with Crippen molar-refractivity contribution >= 4 is 0 Å². The first-order chi connectivity index (χ1) is 6.24. The zero-order valence-electron chi connectivity index (χ0n) is 9.16. The zero-order chi connectivity index (χ0) is 9.68. The van der Waals surface area contributed by atoms with Crippen LogP contribution in [0.2, 0.25) is 0 Å². The molecule has 1 atom stereocenters. The lowest BCUT2D eigenvalue weighted by molar-refractivity contribution is 0.114. The van der Waals surface area contributed by atoms with Gasteiger partial charge in [0.25, 0.3) is 0 Å². The number of hydrogen-bond donors (Lipinski definition) is 0. The van der Waals surface area contributed by atoms with Crippen molar-refractivity contribution in [3.05, 3.63) is 12.2 Å². The standard InChI is InChI=1S/C11H22N2.CH4/c1-4-5-6-7-13-9-8-12(3)11(2)10-13;/h5-6,11H,4,7-10H2,1-3H3;1H4/b6-5+;/t11-;/m0./s1. The van der Waals surface area contributed by atoms with E-state index >= 15 is 0 Å². The maximum Gasteiger partial charge on any atom is 0.0192 e. The van der Waals surface area contributed by atoms with Crippen LogP contribution in [0, 0.1) is 0 Å². The molecule has 14 heavy (non-hydrogen) atoms.